The highest BCUT2D eigenvalue weighted by atomic mass is 32.1. The van der Waals surface area contributed by atoms with E-state index in [0.29, 0.717) is 10.6 Å². The van der Waals surface area contributed by atoms with Gasteiger partial charge in [-0.1, -0.05) is 25.2 Å². The average Bonchev–Trinajstić information content (AvgIpc) is 3.16. The van der Waals surface area contributed by atoms with Crippen molar-refractivity contribution in [1.29, 1.82) is 0 Å². The van der Waals surface area contributed by atoms with Crippen LogP contribution in [0.5, 0.6) is 0 Å². The fourth-order valence-electron chi connectivity index (χ4n) is 1.91. The Kier molecular flexibility index (Phi) is 3.76. The standard InChI is InChI=1S/C14H16N6OS/c1-8(2)11-16-13(19-18-11)17-12(21)10-9(3)15-14(22-10)20-6-4-5-7-20/h4-8H,1-3H3,(H2,16,17,18,19,21). The zero-order valence-electron chi connectivity index (χ0n) is 12.5. The molecule has 0 saturated heterocycles. The molecule has 0 aromatic carbocycles. The molecular formula is C14H16N6OS. The molecule has 0 radical (unpaired) electrons. The lowest BCUT2D eigenvalue weighted by Gasteiger charge is -1.98. The van der Waals surface area contributed by atoms with Crippen molar-refractivity contribution in [1.82, 2.24) is 24.7 Å². The molecule has 7 nitrogen and oxygen atoms in total. The fourth-order valence-corrected chi connectivity index (χ4v) is 2.84. The monoisotopic (exact) mass is 316 g/mol. The molecule has 1 amide bonds. The Morgan fingerprint density at radius 3 is 2.68 bits per heavy atom. The van der Waals surface area contributed by atoms with Crippen LogP contribution in [0.25, 0.3) is 5.13 Å². The Morgan fingerprint density at radius 1 is 1.32 bits per heavy atom. The molecule has 8 heteroatoms. The maximum atomic E-state index is 12.4. The van der Waals surface area contributed by atoms with Gasteiger partial charge < -0.3 is 4.57 Å². The van der Waals surface area contributed by atoms with Crippen molar-refractivity contribution < 1.29 is 4.79 Å². The number of anilines is 1. The molecule has 0 unspecified atom stereocenters. The number of rotatable bonds is 4. The largest absolute Gasteiger partial charge is 0.300 e. The number of nitrogens with one attached hydrogen (secondary N) is 2. The van der Waals surface area contributed by atoms with Crippen molar-refractivity contribution in [2.75, 3.05) is 5.32 Å². The van der Waals surface area contributed by atoms with Gasteiger partial charge in [-0.2, -0.15) is 4.98 Å². The van der Waals surface area contributed by atoms with E-state index in [4.69, 9.17) is 0 Å². The first-order valence-electron chi connectivity index (χ1n) is 6.89. The van der Waals surface area contributed by atoms with Crippen LogP contribution in [0, 0.1) is 6.92 Å². The van der Waals surface area contributed by atoms with Crippen molar-refractivity contribution in [3.63, 3.8) is 0 Å². The highest BCUT2D eigenvalue weighted by molar-refractivity contribution is 7.16. The number of nitrogens with zero attached hydrogens (tertiary/aromatic N) is 4. The van der Waals surface area contributed by atoms with Gasteiger partial charge in [0.15, 0.2) is 5.13 Å². The Hall–Kier alpha value is -2.48. The van der Waals surface area contributed by atoms with Gasteiger partial charge in [-0.3, -0.25) is 15.2 Å². The third-order valence-corrected chi connectivity index (χ3v) is 4.26. The van der Waals surface area contributed by atoms with Crippen molar-refractivity contribution in [2.24, 2.45) is 0 Å². The van der Waals surface area contributed by atoms with E-state index in [0.717, 1.165) is 11.0 Å². The third kappa shape index (κ3) is 2.77. The van der Waals surface area contributed by atoms with Gasteiger partial charge in [0, 0.05) is 18.3 Å². The normalized spacial score (nSPS) is 11.1. The first kappa shape index (κ1) is 14.5. The van der Waals surface area contributed by atoms with Crippen LogP contribution in [0.1, 0.15) is 41.0 Å². The van der Waals surface area contributed by atoms with Crippen molar-refractivity contribution in [3.8, 4) is 5.13 Å². The van der Waals surface area contributed by atoms with Gasteiger partial charge in [0.25, 0.3) is 5.91 Å². The van der Waals surface area contributed by atoms with E-state index in [2.05, 4.69) is 25.5 Å². The molecule has 0 saturated carbocycles. The molecule has 0 bridgehead atoms. The number of hydrogen-bond donors (Lipinski definition) is 2. The quantitative estimate of drug-likeness (QED) is 0.774. The van der Waals surface area contributed by atoms with Crippen LogP contribution in [0.3, 0.4) is 0 Å². The summed E-state index contributed by atoms with van der Waals surface area (Å²) in [5, 5.41) is 10.3. The van der Waals surface area contributed by atoms with E-state index in [1.807, 2.05) is 49.9 Å². The van der Waals surface area contributed by atoms with Crippen molar-refractivity contribution in [2.45, 2.75) is 26.7 Å². The summed E-state index contributed by atoms with van der Waals surface area (Å²) in [5.41, 5.74) is 0.686. The number of thiazole rings is 1. The van der Waals surface area contributed by atoms with Crippen molar-refractivity contribution >= 4 is 23.2 Å². The summed E-state index contributed by atoms with van der Waals surface area (Å²) < 4.78 is 1.87. The summed E-state index contributed by atoms with van der Waals surface area (Å²) in [5.74, 6) is 1.000. The van der Waals surface area contributed by atoms with Crippen LogP contribution in [-0.2, 0) is 0 Å². The number of aromatic nitrogens is 5. The zero-order chi connectivity index (χ0) is 15.7. The second-order valence-electron chi connectivity index (χ2n) is 5.15. The molecule has 3 rings (SSSR count). The van der Waals surface area contributed by atoms with Crippen molar-refractivity contribution in [3.05, 3.63) is 40.9 Å². The van der Waals surface area contributed by atoms with Crippen LogP contribution in [0.2, 0.25) is 0 Å². The number of carbonyl (C=O) groups is 1. The molecule has 22 heavy (non-hydrogen) atoms. The highest BCUT2D eigenvalue weighted by Gasteiger charge is 2.18. The first-order valence-corrected chi connectivity index (χ1v) is 7.70. The van der Waals surface area contributed by atoms with Gasteiger partial charge in [-0.25, -0.2) is 4.98 Å². The zero-order valence-corrected chi connectivity index (χ0v) is 13.3. The smallest absolute Gasteiger partial charge is 0.270 e. The van der Waals surface area contributed by atoms with E-state index < -0.39 is 0 Å². The molecule has 0 aliphatic heterocycles. The Balaban J connectivity index is 1.80. The van der Waals surface area contributed by atoms with Gasteiger partial charge in [0.05, 0.1) is 5.69 Å². The molecule has 0 spiro atoms. The number of hydrogen-bond acceptors (Lipinski definition) is 5. The molecular weight excluding hydrogens is 300 g/mol. The number of H-pyrrole nitrogens is 1. The summed E-state index contributed by atoms with van der Waals surface area (Å²) >= 11 is 1.33. The number of amides is 1. The first-order chi connectivity index (χ1) is 10.5. The Bertz CT molecular complexity index is 786. The van der Waals surface area contributed by atoms with E-state index >= 15 is 0 Å². The topological polar surface area (TPSA) is 88.5 Å². The minimum atomic E-state index is -0.247. The van der Waals surface area contributed by atoms with Gasteiger partial charge in [0.2, 0.25) is 5.95 Å². The summed E-state index contributed by atoms with van der Waals surface area (Å²) in [7, 11) is 0. The summed E-state index contributed by atoms with van der Waals surface area (Å²) in [4.78, 5) is 21.6. The highest BCUT2D eigenvalue weighted by Crippen LogP contribution is 2.22. The second-order valence-corrected chi connectivity index (χ2v) is 6.13. The molecule has 0 fully saturated rings. The van der Waals surface area contributed by atoms with E-state index in [-0.39, 0.29) is 17.8 Å². The minimum absolute atomic E-state index is 0.226. The molecule has 114 valence electrons. The van der Waals surface area contributed by atoms with Gasteiger partial charge in [-0.15, -0.1) is 5.10 Å². The van der Waals surface area contributed by atoms with E-state index in [1.54, 1.807) is 0 Å². The third-order valence-electron chi connectivity index (χ3n) is 3.09. The summed E-state index contributed by atoms with van der Waals surface area (Å²) in [6.07, 6.45) is 3.79. The second kappa shape index (κ2) is 5.72. The van der Waals surface area contributed by atoms with E-state index in [1.165, 1.54) is 11.3 Å². The average molecular weight is 316 g/mol. The lowest BCUT2D eigenvalue weighted by molar-refractivity contribution is 0.102. The van der Waals surface area contributed by atoms with Crippen LogP contribution in [0.4, 0.5) is 5.95 Å². The van der Waals surface area contributed by atoms with Crippen LogP contribution in [0.15, 0.2) is 24.5 Å². The van der Waals surface area contributed by atoms with Crippen LogP contribution < -0.4 is 5.32 Å². The molecule has 0 aliphatic carbocycles. The predicted molar refractivity (Wildman–Crippen MR) is 84.6 cm³/mol. The molecule has 0 aliphatic rings. The molecule has 0 atom stereocenters. The van der Waals surface area contributed by atoms with Gasteiger partial charge in [-0.05, 0) is 19.1 Å². The lowest BCUT2D eigenvalue weighted by atomic mass is 10.2. The van der Waals surface area contributed by atoms with Crippen LogP contribution >= 0.6 is 11.3 Å². The Morgan fingerprint density at radius 2 is 2.05 bits per heavy atom. The minimum Gasteiger partial charge on any atom is -0.300 e. The molecule has 3 aromatic rings. The molecule has 3 heterocycles. The van der Waals surface area contributed by atoms with Gasteiger partial charge >= 0.3 is 0 Å². The number of aryl methyl sites for hydroxylation is 1. The SMILES string of the molecule is Cc1nc(-n2cccc2)sc1C(=O)Nc1n[nH]c(C(C)C)n1. The van der Waals surface area contributed by atoms with Gasteiger partial charge in [0.1, 0.15) is 10.7 Å². The van der Waals surface area contributed by atoms with Crippen LogP contribution in [-0.4, -0.2) is 30.6 Å². The maximum absolute atomic E-state index is 12.4. The lowest BCUT2D eigenvalue weighted by Crippen LogP contribution is -2.12. The Labute approximate surface area is 131 Å². The van der Waals surface area contributed by atoms with E-state index in [9.17, 15) is 4.79 Å². The number of aromatic amines is 1. The number of carbonyl (C=O) groups excluding carboxylic acids is 1. The maximum Gasteiger partial charge on any atom is 0.270 e. The summed E-state index contributed by atoms with van der Waals surface area (Å²) in [6, 6.07) is 3.83. The molecule has 3 aromatic heterocycles. The summed E-state index contributed by atoms with van der Waals surface area (Å²) in [6.45, 7) is 5.82. The predicted octanol–water partition coefficient (Wildman–Crippen LogP) is 2.74. The fraction of sp³-hybridized carbons (Fsp3) is 0.286. The molecule has 2 N–H and O–H groups in total.